The number of halogens is 1. The summed E-state index contributed by atoms with van der Waals surface area (Å²) in [7, 11) is 1.35. The van der Waals surface area contributed by atoms with Crippen LogP contribution in [0.4, 0.5) is 0 Å². The molecule has 3 aliphatic rings. The number of methoxy groups -OCH3 is 1. The lowest BCUT2D eigenvalue weighted by Crippen LogP contribution is -2.51. The van der Waals surface area contributed by atoms with Crippen molar-refractivity contribution < 1.29 is 42.9 Å². The van der Waals surface area contributed by atoms with Crippen molar-refractivity contribution in [3.8, 4) is 11.5 Å². The van der Waals surface area contributed by atoms with E-state index in [0.29, 0.717) is 6.61 Å². The summed E-state index contributed by atoms with van der Waals surface area (Å²) in [6, 6.07) is 1.37. The van der Waals surface area contributed by atoms with Crippen molar-refractivity contribution in [3.63, 3.8) is 0 Å². The van der Waals surface area contributed by atoms with Gasteiger partial charge in [0.15, 0.2) is 29.4 Å². The van der Waals surface area contributed by atoms with Gasteiger partial charge < -0.3 is 29.0 Å². The van der Waals surface area contributed by atoms with Crippen LogP contribution in [-0.4, -0.2) is 68.6 Å². The molecule has 0 radical (unpaired) electrons. The third-order valence-electron chi connectivity index (χ3n) is 6.67. The first kappa shape index (κ1) is 27.1. The molecule has 2 aliphatic heterocycles. The molecule has 1 spiro atoms. The summed E-state index contributed by atoms with van der Waals surface area (Å²) in [6.07, 6.45) is 3.79. The number of carbonyl (C=O) groups is 4. The maximum atomic E-state index is 13.9. The number of nitrogens with one attached hydrogen (secondary N) is 1. The van der Waals surface area contributed by atoms with Crippen LogP contribution < -0.4 is 14.8 Å². The van der Waals surface area contributed by atoms with E-state index < -0.39 is 23.1 Å². The number of fused-ring (bicyclic) bond motifs is 1. The van der Waals surface area contributed by atoms with Gasteiger partial charge in [-0.15, -0.1) is 0 Å². The Morgan fingerprint density at radius 3 is 2.70 bits per heavy atom. The Hall–Kier alpha value is -2.95. The fraction of sp³-hybridized carbons (Fsp3) is 0.538. The van der Waals surface area contributed by atoms with Crippen LogP contribution in [0.5, 0.6) is 11.5 Å². The molecule has 1 unspecified atom stereocenters. The minimum Gasteiger partial charge on any atom is -0.496 e. The number of ether oxygens (including phenoxy) is 5. The second-order valence-electron chi connectivity index (χ2n) is 9.24. The maximum absolute atomic E-state index is 13.9. The molecular weight excluding hydrogens is 506 g/mol. The zero-order chi connectivity index (χ0) is 26.7. The van der Waals surface area contributed by atoms with Crippen LogP contribution in [0, 0.1) is 5.92 Å². The van der Waals surface area contributed by atoms with Gasteiger partial charge in [-0.05, 0) is 25.3 Å². The van der Waals surface area contributed by atoms with Crippen molar-refractivity contribution in [1.29, 1.82) is 0 Å². The largest absolute Gasteiger partial charge is 0.496 e. The Kier molecular flexibility index (Phi) is 8.20. The molecule has 0 aromatic heterocycles. The summed E-state index contributed by atoms with van der Waals surface area (Å²) >= 11 is 6.60. The molecule has 1 fully saturated rings. The summed E-state index contributed by atoms with van der Waals surface area (Å²) in [4.78, 5) is 50.4. The average molecular weight is 536 g/mol. The van der Waals surface area contributed by atoms with E-state index in [0.717, 1.165) is 19.3 Å². The van der Waals surface area contributed by atoms with Crippen LogP contribution in [0.15, 0.2) is 17.9 Å². The second-order valence-corrected chi connectivity index (χ2v) is 9.62. The number of amides is 1. The Bertz CT molecular complexity index is 1140. The molecular formula is C26H30ClNO9. The van der Waals surface area contributed by atoms with Crippen molar-refractivity contribution in [3.05, 3.63) is 34.1 Å². The quantitative estimate of drug-likeness (QED) is 0.375. The molecule has 1 N–H and O–H groups in total. The number of hydrogen-bond donors (Lipinski definition) is 1. The number of rotatable bonds is 9. The van der Waals surface area contributed by atoms with Gasteiger partial charge in [-0.3, -0.25) is 19.2 Å². The highest BCUT2D eigenvalue weighted by molar-refractivity contribution is 6.37. The third-order valence-corrected chi connectivity index (χ3v) is 7.05. The van der Waals surface area contributed by atoms with Gasteiger partial charge in [-0.2, -0.15) is 0 Å². The smallest absolute Gasteiger partial charge is 0.231 e. The zero-order valence-corrected chi connectivity index (χ0v) is 21.8. The summed E-state index contributed by atoms with van der Waals surface area (Å²) in [5.41, 5.74) is -1.55. The molecule has 4 rings (SSSR count). The number of allylic oxidation sites excluding steroid dienone is 1. The third kappa shape index (κ3) is 5.23. The number of Topliss-reactive ketones (excluding diaryl/α,β-unsaturated/α-hetero) is 2. The van der Waals surface area contributed by atoms with Gasteiger partial charge in [0.2, 0.25) is 17.3 Å². The van der Waals surface area contributed by atoms with Crippen molar-refractivity contribution in [1.82, 2.24) is 5.32 Å². The van der Waals surface area contributed by atoms with E-state index in [1.165, 1.54) is 26.2 Å². The number of ketones is 3. The van der Waals surface area contributed by atoms with E-state index in [1.54, 1.807) is 6.92 Å². The van der Waals surface area contributed by atoms with Crippen molar-refractivity contribution in [2.75, 3.05) is 33.5 Å². The Labute approximate surface area is 219 Å². The van der Waals surface area contributed by atoms with Gasteiger partial charge in [0.25, 0.3) is 0 Å². The van der Waals surface area contributed by atoms with Crippen molar-refractivity contribution in [2.45, 2.75) is 51.4 Å². The fourth-order valence-electron chi connectivity index (χ4n) is 4.80. The van der Waals surface area contributed by atoms with Crippen LogP contribution in [0.3, 0.4) is 0 Å². The van der Waals surface area contributed by atoms with Crippen molar-refractivity contribution >= 4 is 34.9 Å². The lowest BCUT2D eigenvalue weighted by molar-refractivity contribution is -0.165. The van der Waals surface area contributed by atoms with Crippen LogP contribution in [-0.2, 0) is 23.8 Å². The van der Waals surface area contributed by atoms with Gasteiger partial charge in [0.1, 0.15) is 17.9 Å². The highest BCUT2D eigenvalue weighted by Gasteiger charge is 2.60. The first-order valence-corrected chi connectivity index (χ1v) is 12.6. The Morgan fingerprint density at radius 1 is 1.24 bits per heavy atom. The average Bonchev–Trinajstić information content (AvgIpc) is 3.19. The minimum absolute atomic E-state index is 0.0213. The number of carbonyl (C=O) groups excluding carboxylic acids is 4. The van der Waals surface area contributed by atoms with Crippen molar-refractivity contribution in [2.24, 2.45) is 5.92 Å². The minimum atomic E-state index is -1.63. The molecule has 10 nitrogen and oxygen atoms in total. The first-order chi connectivity index (χ1) is 17.7. The lowest BCUT2D eigenvalue weighted by atomic mass is 9.75. The maximum Gasteiger partial charge on any atom is 0.231 e. The molecule has 1 amide bonds. The summed E-state index contributed by atoms with van der Waals surface area (Å²) < 4.78 is 28.8. The zero-order valence-electron chi connectivity index (χ0n) is 21.0. The van der Waals surface area contributed by atoms with Crippen LogP contribution in [0.25, 0.3) is 0 Å². The molecule has 1 aromatic rings. The van der Waals surface area contributed by atoms with Gasteiger partial charge >= 0.3 is 0 Å². The molecule has 200 valence electrons. The van der Waals surface area contributed by atoms with E-state index >= 15 is 0 Å². The first-order valence-electron chi connectivity index (χ1n) is 12.2. The second kappa shape index (κ2) is 11.2. The van der Waals surface area contributed by atoms with E-state index in [1.807, 2.05) is 0 Å². The van der Waals surface area contributed by atoms with Gasteiger partial charge in [0, 0.05) is 37.5 Å². The molecule has 0 bridgehead atoms. The van der Waals surface area contributed by atoms with Gasteiger partial charge in [-0.25, -0.2) is 0 Å². The molecule has 1 aliphatic carbocycles. The monoisotopic (exact) mass is 535 g/mol. The van der Waals surface area contributed by atoms with E-state index in [-0.39, 0.29) is 77.6 Å². The van der Waals surface area contributed by atoms with Crippen LogP contribution in [0.1, 0.15) is 60.2 Å². The molecule has 2 heterocycles. The van der Waals surface area contributed by atoms with Crippen LogP contribution in [0.2, 0.25) is 5.02 Å². The SMILES string of the molecule is COC1=CC(=O)C[C@@H](C)[C@]12Oc1c(Cl)c(C(=O)CNC(C)=O)cc(OCCOC3CCCCO3)c1C2=O. The molecule has 1 aromatic carbocycles. The summed E-state index contributed by atoms with van der Waals surface area (Å²) in [5, 5.41) is 2.36. The van der Waals surface area contributed by atoms with E-state index in [4.69, 9.17) is 35.3 Å². The molecule has 3 atom stereocenters. The molecule has 0 saturated carbocycles. The number of benzene rings is 1. The molecule has 11 heteroatoms. The fourth-order valence-corrected chi connectivity index (χ4v) is 5.10. The van der Waals surface area contributed by atoms with Crippen LogP contribution >= 0.6 is 11.6 Å². The molecule has 1 saturated heterocycles. The highest BCUT2D eigenvalue weighted by atomic mass is 35.5. The Balaban J connectivity index is 1.68. The standard InChI is InChI=1S/C26H30ClNO9/c1-14-10-16(30)11-20(33-3)26(14)25(32)22-19(34-8-9-36-21-6-4-5-7-35-21)12-17(23(27)24(22)37-26)18(31)13-28-15(2)29/h11-12,14,21H,4-10,13H2,1-3H3,(H,28,29)/t14-,21?,26+/m1/s1. The summed E-state index contributed by atoms with van der Waals surface area (Å²) in [6.45, 7) is 3.59. The lowest BCUT2D eigenvalue weighted by Gasteiger charge is -2.36. The van der Waals surface area contributed by atoms with Gasteiger partial charge in [0.05, 0.1) is 25.3 Å². The normalized spacial score (nSPS) is 24.8. The predicted molar refractivity (Wildman–Crippen MR) is 131 cm³/mol. The summed E-state index contributed by atoms with van der Waals surface area (Å²) in [5.74, 6) is -2.02. The van der Waals surface area contributed by atoms with E-state index in [2.05, 4.69) is 5.32 Å². The number of hydrogen-bond acceptors (Lipinski definition) is 9. The predicted octanol–water partition coefficient (Wildman–Crippen LogP) is 3.03. The molecule has 37 heavy (non-hydrogen) atoms. The topological polar surface area (TPSA) is 126 Å². The van der Waals surface area contributed by atoms with Gasteiger partial charge in [-0.1, -0.05) is 18.5 Å². The Morgan fingerprint density at radius 2 is 2.03 bits per heavy atom. The van der Waals surface area contributed by atoms with E-state index in [9.17, 15) is 19.2 Å². The highest BCUT2D eigenvalue weighted by Crippen LogP contribution is 2.53.